The zero-order valence-electron chi connectivity index (χ0n) is 22.2. The van der Waals surface area contributed by atoms with Crippen LogP contribution >= 0.6 is 35.3 Å². The van der Waals surface area contributed by atoms with Gasteiger partial charge < -0.3 is 20.7 Å². The number of ether oxygens (including phenoxy) is 1. The second-order valence-corrected chi connectivity index (χ2v) is 11.3. The number of anilines is 3. The summed E-state index contributed by atoms with van der Waals surface area (Å²) in [6.07, 6.45) is 0. The van der Waals surface area contributed by atoms with Crippen molar-refractivity contribution in [1.82, 2.24) is 4.98 Å². The first-order valence-electron chi connectivity index (χ1n) is 13.0. The molecule has 206 valence electrons. The Morgan fingerprint density at radius 1 is 0.854 bits per heavy atom. The zero-order valence-corrected chi connectivity index (χ0v) is 24.7. The summed E-state index contributed by atoms with van der Waals surface area (Å²) >= 11 is 8.33. The van der Waals surface area contributed by atoms with Crippen LogP contribution in [-0.2, 0) is 4.79 Å². The van der Waals surface area contributed by atoms with Gasteiger partial charge in [0.25, 0.3) is 0 Å². The van der Waals surface area contributed by atoms with Crippen LogP contribution < -0.4 is 20.7 Å². The fourth-order valence-electron chi connectivity index (χ4n) is 3.99. The molecule has 41 heavy (non-hydrogen) atoms. The van der Waals surface area contributed by atoms with E-state index in [1.807, 2.05) is 121 Å². The lowest BCUT2D eigenvalue weighted by molar-refractivity contribution is -0.115. The Balaban J connectivity index is 1.25. The van der Waals surface area contributed by atoms with Gasteiger partial charge in [-0.3, -0.25) is 4.79 Å². The van der Waals surface area contributed by atoms with Gasteiger partial charge >= 0.3 is 0 Å². The minimum Gasteiger partial charge on any atom is -0.494 e. The number of aromatic nitrogens is 1. The summed E-state index contributed by atoms with van der Waals surface area (Å²) in [6.45, 7) is 2.58. The predicted molar refractivity (Wildman–Crippen MR) is 175 cm³/mol. The number of rotatable bonds is 10. The monoisotopic (exact) mass is 596 g/mol. The molecule has 0 bridgehead atoms. The highest BCUT2D eigenvalue weighted by Crippen LogP contribution is 2.37. The topological polar surface area (TPSA) is 75.3 Å². The van der Waals surface area contributed by atoms with Crippen molar-refractivity contribution in [2.45, 2.75) is 17.1 Å². The zero-order chi connectivity index (χ0) is 28.4. The Bertz CT molecular complexity index is 1580. The SMILES string of the molecule is CCOc1ccc(-c2csc(NC(=O)C(Sc3ccc(NC(=S)Nc4ccccc4)cc3)c3ccccc3)n2)cc1. The summed E-state index contributed by atoms with van der Waals surface area (Å²) in [7, 11) is 0. The number of amides is 1. The fourth-order valence-corrected chi connectivity index (χ4v) is 5.97. The van der Waals surface area contributed by atoms with Gasteiger partial charge in [0.2, 0.25) is 5.91 Å². The molecule has 0 saturated carbocycles. The maximum Gasteiger partial charge on any atom is 0.244 e. The average Bonchev–Trinajstić information content (AvgIpc) is 3.46. The molecule has 6 nitrogen and oxygen atoms in total. The number of carbonyl (C=O) groups excluding carboxylic acids is 1. The number of nitrogens with one attached hydrogen (secondary N) is 3. The summed E-state index contributed by atoms with van der Waals surface area (Å²) in [6, 6.07) is 35.2. The Morgan fingerprint density at radius 3 is 2.15 bits per heavy atom. The maximum atomic E-state index is 13.5. The van der Waals surface area contributed by atoms with Crippen molar-refractivity contribution in [2.75, 3.05) is 22.6 Å². The first-order valence-corrected chi connectivity index (χ1v) is 15.2. The highest BCUT2D eigenvalue weighted by Gasteiger charge is 2.23. The molecule has 1 heterocycles. The fraction of sp³-hybridized carbons (Fsp3) is 0.0938. The van der Waals surface area contributed by atoms with Crippen LogP contribution in [0.1, 0.15) is 17.7 Å². The summed E-state index contributed by atoms with van der Waals surface area (Å²) in [4.78, 5) is 19.2. The van der Waals surface area contributed by atoms with Crippen LogP contribution in [-0.4, -0.2) is 22.6 Å². The number of carbonyl (C=O) groups is 1. The Labute approximate surface area is 253 Å². The van der Waals surface area contributed by atoms with E-state index in [4.69, 9.17) is 17.0 Å². The van der Waals surface area contributed by atoms with Crippen LogP contribution in [0.4, 0.5) is 16.5 Å². The molecule has 0 aliphatic carbocycles. The standard InChI is InChI=1S/C32H28N4O2S3/c1-2-38-26-17-13-22(14-18-26)28-21-40-32(35-28)36-30(37)29(23-9-5-3-6-10-23)41-27-19-15-25(16-20-27)34-31(39)33-24-11-7-4-8-12-24/h3-21,29H,2H2,1H3,(H2,33,34,39)(H,35,36,37). The molecular weight excluding hydrogens is 569 g/mol. The van der Waals surface area contributed by atoms with Crippen molar-refractivity contribution in [1.29, 1.82) is 0 Å². The number of hydrogen-bond donors (Lipinski definition) is 3. The van der Waals surface area contributed by atoms with E-state index in [1.54, 1.807) is 0 Å². The minimum absolute atomic E-state index is 0.135. The molecule has 1 aromatic heterocycles. The Kier molecular flexibility index (Phi) is 9.64. The van der Waals surface area contributed by atoms with E-state index in [2.05, 4.69) is 20.9 Å². The van der Waals surface area contributed by atoms with Crippen LogP contribution in [0.2, 0.25) is 0 Å². The third-order valence-corrected chi connectivity index (χ3v) is 8.16. The van der Waals surface area contributed by atoms with Gasteiger partial charge in [0.1, 0.15) is 11.0 Å². The molecule has 0 fully saturated rings. The van der Waals surface area contributed by atoms with E-state index in [-0.39, 0.29) is 5.91 Å². The molecule has 0 spiro atoms. The van der Waals surface area contributed by atoms with Gasteiger partial charge in [-0.05, 0) is 85.4 Å². The summed E-state index contributed by atoms with van der Waals surface area (Å²) in [5, 5.41) is 11.9. The number of thioether (sulfide) groups is 1. The quantitative estimate of drug-likeness (QED) is 0.110. The third-order valence-electron chi connectivity index (χ3n) is 5.93. The van der Waals surface area contributed by atoms with Gasteiger partial charge in [0.15, 0.2) is 10.2 Å². The van der Waals surface area contributed by atoms with Gasteiger partial charge in [-0.15, -0.1) is 23.1 Å². The number of hydrogen-bond acceptors (Lipinski definition) is 6. The summed E-state index contributed by atoms with van der Waals surface area (Å²) in [5.41, 5.74) is 4.45. The van der Waals surface area contributed by atoms with Crippen molar-refractivity contribution in [2.24, 2.45) is 0 Å². The molecule has 0 saturated heterocycles. The van der Waals surface area contributed by atoms with Crippen molar-refractivity contribution in [3.8, 4) is 17.0 Å². The third kappa shape index (κ3) is 7.94. The van der Waals surface area contributed by atoms with Gasteiger partial charge in [-0.1, -0.05) is 48.5 Å². The molecule has 1 unspecified atom stereocenters. The Morgan fingerprint density at radius 2 is 1.49 bits per heavy atom. The number of benzene rings is 4. The van der Waals surface area contributed by atoms with Crippen LogP contribution in [0.25, 0.3) is 11.3 Å². The lowest BCUT2D eigenvalue weighted by Crippen LogP contribution is -2.19. The summed E-state index contributed by atoms with van der Waals surface area (Å²) in [5.74, 6) is 0.683. The summed E-state index contributed by atoms with van der Waals surface area (Å²) < 4.78 is 5.53. The molecule has 5 aromatic rings. The number of nitrogens with zero attached hydrogens (tertiary/aromatic N) is 1. The van der Waals surface area contributed by atoms with Gasteiger partial charge in [-0.25, -0.2) is 4.98 Å². The van der Waals surface area contributed by atoms with E-state index in [9.17, 15) is 4.79 Å². The number of para-hydroxylation sites is 1. The predicted octanol–water partition coefficient (Wildman–Crippen LogP) is 8.49. The molecule has 1 atom stereocenters. The van der Waals surface area contributed by atoms with Crippen molar-refractivity contribution in [3.05, 3.63) is 120 Å². The molecular formula is C32H28N4O2S3. The van der Waals surface area contributed by atoms with E-state index in [0.717, 1.165) is 38.8 Å². The lowest BCUT2D eigenvalue weighted by Gasteiger charge is -2.17. The van der Waals surface area contributed by atoms with Crippen LogP contribution in [0.3, 0.4) is 0 Å². The van der Waals surface area contributed by atoms with Gasteiger partial charge in [0, 0.05) is 27.2 Å². The normalized spacial score (nSPS) is 11.3. The first-order chi connectivity index (χ1) is 20.1. The van der Waals surface area contributed by atoms with Crippen molar-refractivity contribution in [3.63, 3.8) is 0 Å². The average molecular weight is 597 g/mol. The minimum atomic E-state index is -0.464. The molecule has 5 rings (SSSR count). The van der Waals surface area contributed by atoms with E-state index in [0.29, 0.717) is 16.9 Å². The number of thiocarbonyl (C=S) groups is 1. The number of thiazole rings is 1. The van der Waals surface area contributed by atoms with E-state index >= 15 is 0 Å². The maximum absolute atomic E-state index is 13.5. The van der Waals surface area contributed by atoms with Crippen molar-refractivity contribution < 1.29 is 9.53 Å². The molecule has 3 N–H and O–H groups in total. The van der Waals surface area contributed by atoms with Crippen molar-refractivity contribution >= 4 is 62.8 Å². The lowest BCUT2D eigenvalue weighted by atomic mass is 10.1. The largest absolute Gasteiger partial charge is 0.494 e. The second-order valence-electron chi connectivity index (χ2n) is 8.86. The molecule has 1 amide bonds. The highest BCUT2D eigenvalue weighted by molar-refractivity contribution is 8.00. The highest BCUT2D eigenvalue weighted by atomic mass is 32.2. The Hall–Kier alpha value is -4.18. The van der Waals surface area contributed by atoms with E-state index < -0.39 is 5.25 Å². The van der Waals surface area contributed by atoms with Gasteiger partial charge in [-0.2, -0.15) is 0 Å². The molecule has 4 aromatic carbocycles. The van der Waals surface area contributed by atoms with Crippen LogP contribution in [0.5, 0.6) is 5.75 Å². The van der Waals surface area contributed by atoms with E-state index in [1.165, 1.54) is 23.1 Å². The molecule has 9 heteroatoms. The van der Waals surface area contributed by atoms with Crippen LogP contribution in [0, 0.1) is 0 Å². The van der Waals surface area contributed by atoms with Gasteiger partial charge in [0.05, 0.1) is 12.3 Å². The van der Waals surface area contributed by atoms with Crippen LogP contribution in [0.15, 0.2) is 119 Å². The molecule has 0 aliphatic rings. The molecule has 0 aliphatic heterocycles. The smallest absolute Gasteiger partial charge is 0.244 e. The second kappa shape index (κ2) is 13.9. The molecule has 0 radical (unpaired) electrons. The first kappa shape index (κ1) is 28.4.